The van der Waals surface area contributed by atoms with Gasteiger partial charge >= 0.3 is 0 Å². The average Bonchev–Trinajstić information content (AvgIpc) is 3.23. The van der Waals surface area contributed by atoms with Crippen LogP contribution in [-0.4, -0.2) is 51.1 Å². The molecule has 1 aliphatic heterocycles. The Kier molecular flexibility index (Phi) is 4.29. The molecule has 1 aromatic heterocycles. The summed E-state index contributed by atoms with van der Waals surface area (Å²) in [6.45, 7) is 5.36. The minimum Gasteiger partial charge on any atom is -0.374 e. The lowest BCUT2D eigenvalue weighted by Crippen LogP contribution is -2.51. The minimum absolute atomic E-state index is 0.138. The van der Waals surface area contributed by atoms with Crippen LogP contribution in [0.15, 0.2) is 24.3 Å². The Morgan fingerprint density at radius 3 is 2.84 bits per heavy atom. The number of hydrogen-bond acceptors (Lipinski definition) is 4. The number of ether oxygens (including phenoxy) is 1. The van der Waals surface area contributed by atoms with Crippen molar-refractivity contribution in [1.29, 1.82) is 0 Å². The lowest BCUT2D eigenvalue weighted by atomic mass is 10.1. The van der Waals surface area contributed by atoms with E-state index in [-0.39, 0.29) is 18.1 Å². The van der Waals surface area contributed by atoms with E-state index in [9.17, 15) is 4.79 Å². The van der Waals surface area contributed by atoms with Gasteiger partial charge in [0.1, 0.15) is 0 Å². The molecule has 6 nitrogen and oxygen atoms in total. The highest BCUT2D eigenvalue weighted by Crippen LogP contribution is 2.30. The third-order valence-corrected chi connectivity index (χ3v) is 5.39. The molecule has 2 aromatic rings. The molecule has 0 radical (unpaired) electrons. The van der Waals surface area contributed by atoms with Crippen LogP contribution in [0.5, 0.6) is 0 Å². The molecule has 2 fully saturated rings. The summed E-state index contributed by atoms with van der Waals surface area (Å²) in [5.41, 5.74) is 3.85. The summed E-state index contributed by atoms with van der Waals surface area (Å²) in [5, 5.41) is 8.52. The highest BCUT2D eigenvalue weighted by molar-refractivity contribution is 5.79. The van der Waals surface area contributed by atoms with Crippen LogP contribution in [0.4, 0.5) is 0 Å². The van der Waals surface area contributed by atoms with Crippen LogP contribution in [0.25, 0.3) is 5.69 Å². The van der Waals surface area contributed by atoms with Gasteiger partial charge in [0.25, 0.3) is 0 Å². The standard InChI is InChI=1S/C19H24N4O2/c1-13-6-8-15(9-7-13)23-14(2)16(20-21-23)12-19(24)22-10-11-25-18-5-3-4-17(18)22/h6-9,17-18H,3-5,10-12H2,1-2H3/t17-,18+/m1/s1. The second kappa shape index (κ2) is 6.59. The quantitative estimate of drug-likeness (QED) is 0.859. The van der Waals surface area contributed by atoms with E-state index >= 15 is 0 Å². The van der Waals surface area contributed by atoms with Crippen molar-refractivity contribution in [1.82, 2.24) is 19.9 Å². The lowest BCUT2D eigenvalue weighted by molar-refractivity contribution is -0.143. The van der Waals surface area contributed by atoms with Gasteiger partial charge in [0, 0.05) is 6.54 Å². The van der Waals surface area contributed by atoms with Crippen LogP contribution in [0.2, 0.25) is 0 Å². The first-order valence-electron chi connectivity index (χ1n) is 9.03. The zero-order valence-corrected chi connectivity index (χ0v) is 14.8. The third kappa shape index (κ3) is 3.06. The van der Waals surface area contributed by atoms with Gasteiger partial charge in [-0.3, -0.25) is 4.79 Å². The Hall–Kier alpha value is -2.21. The topological polar surface area (TPSA) is 60.2 Å². The minimum atomic E-state index is 0.138. The molecular formula is C19H24N4O2. The second-order valence-electron chi connectivity index (χ2n) is 7.04. The van der Waals surface area contributed by atoms with Crippen LogP contribution in [0, 0.1) is 13.8 Å². The molecule has 1 saturated heterocycles. The second-order valence-corrected chi connectivity index (χ2v) is 7.04. The molecule has 132 valence electrons. The van der Waals surface area contributed by atoms with E-state index in [0.29, 0.717) is 19.6 Å². The van der Waals surface area contributed by atoms with Crippen LogP contribution >= 0.6 is 0 Å². The number of hydrogen-bond donors (Lipinski definition) is 0. The van der Waals surface area contributed by atoms with Gasteiger partial charge in [0.15, 0.2) is 0 Å². The monoisotopic (exact) mass is 340 g/mol. The van der Waals surface area contributed by atoms with E-state index in [1.54, 1.807) is 4.68 Å². The number of benzene rings is 1. The summed E-state index contributed by atoms with van der Waals surface area (Å²) in [6, 6.07) is 8.39. The Balaban J connectivity index is 1.51. The molecular weight excluding hydrogens is 316 g/mol. The summed E-state index contributed by atoms with van der Waals surface area (Å²) in [7, 11) is 0. The zero-order chi connectivity index (χ0) is 17.4. The molecule has 1 amide bonds. The van der Waals surface area contributed by atoms with Crippen LogP contribution < -0.4 is 0 Å². The normalized spacial score (nSPS) is 22.9. The molecule has 1 saturated carbocycles. The third-order valence-electron chi connectivity index (χ3n) is 5.39. The fourth-order valence-electron chi connectivity index (χ4n) is 3.94. The highest BCUT2D eigenvalue weighted by atomic mass is 16.5. The Morgan fingerprint density at radius 2 is 2.04 bits per heavy atom. The van der Waals surface area contributed by atoms with E-state index < -0.39 is 0 Å². The molecule has 2 atom stereocenters. The number of carbonyl (C=O) groups is 1. The molecule has 0 bridgehead atoms. The van der Waals surface area contributed by atoms with Crippen molar-refractivity contribution in [2.75, 3.05) is 13.2 Å². The van der Waals surface area contributed by atoms with E-state index in [4.69, 9.17) is 4.74 Å². The molecule has 1 aromatic carbocycles. The van der Waals surface area contributed by atoms with Crippen molar-refractivity contribution in [3.05, 3.63) is 41.2 Å². The zero-order valence-electron chi connectivity index (χ0n) is 14.8. The summed E-state index contributed by atoms with van der Waals surface area (Å²) >= 11 is 0. The lowest BCUT2D eigenvalue weighted by Gasteiger charge is -2.37. The van der Waals surface area contributed by atoms with Crippen molar-refractivity contribution in [2.24, 2.45) is 0 Å². The van der Waals surface area contributed by atoms with Crippen LogP contribution in [0.3, 0.4) is 0 Å². The van der Waals surface area contributed by atoms with Gasteiger partial charge in [-0.05, 0) is 45.2 Å². The molecule has 2 aliphatic rings. The highest BCUT2D eigenvalue weighted by Gasteiger charge is 2.38. The molecule has 25 heavy (non-hydrogen) atoms. The summed E-state index contributed by atoms with van der Waals surface area (Å²) in [6.07, 6.45) is 3.78. The Morgan fingerprint density at radius 1 is 1.24 bits per heavy atom. The van der Waals surface area contributed by atoms with E-state index in [1.807, 2.05) is 24.0 Å². The van der Waals surface area contributed by atoms with E-state index in [2.05, 4.69) is 29.4 Å². The summed E-state index contributed by atoms with van der Waals surface area (Å²) < 4.78 is 7.61. The first kappa shape index (κ1) is 16.3. The largest absolute Gasteiger partial charge is 0.374 e. The number of aryl methyl sites for hydroxylation is 1. The van der Waals surface area contributed by atoms with Crippen LogP contribution in [-0.2, 0) is 16.0 Å². The van der Waals surface area contributed by atoms with Gasteiger partial charge < -0.3 is 9.64 Å². The maximum Gasteiger partial charge on any atom is 0.229 e. The molecule has 6 heteroatoms. The van der Waals surface area contributed by atoms with E-state index in [0.717, 1.165) is 36.3 Å². The van der Waals surface area contributed by atoms with E-state index in [1.165, 1.54) is 5.56 Å². The molecule has 0 N–H and O–H groups in total. The van der Waals surface area contributed by atoms with Gasteiger partial charge in [-0.25, -0.2) is 4.68 Å². The van der Waals surface area contributed by atoms with Crippen molar-refractivity contribution in [3.63, 3.8) is 0 Å². The maximum atomic E-state index is 12.8. The first-order chi connectivity index (χ1) is 12.1. The predicted molar refractivity (Wildman–Crippen MR) is 93.6 cm³/mol. The van der Waals surface area contributed by atoms with Gasteiger partial charge in [0.05, 0.1) is 42.2 Å². The molecule has 2 heterocycles. The molecule has 1 aliphatic carbocycles. The predicted octanol–water partition coefficient (Wildman–Crippen LogP) is 2.21. The number of fused-ring (bicyclic) bond motifs is 1. The number of carbonyl (C=O) groups excluding carboxylic acids is 1. The molecule has 0 spiro atoms. The van der Waals surface area contributed by atoms with Crippen molar-refractivity contribution >= 4 is 5.91 Å². The molecule has 4 rings (SSSR count). The SMILES string of the molecule is Cc1ccc(-n2nnc(CC(=O)N3CCO[C@H]4CCC[C@H]43)c2C)cc1. The average molecular weight is 340 g/mol. The summed E-state index contributed by atoms with van der Waals surface area (Å²) in [4.78, 5) is 14.9. The number of amides is 1. The number of nitrogens with zero attached hydrogens (tertiary/aromatic N) is 4. The van der Waals surface area contributed by atoms with Gasteiger partial charge in [-0.15, -0.1) is 5.10 Å². The Labute approximate surface area is 147 Å². The van der Waals surface area contributed by atoms with Crippen molar-refractivity contribution < 1.29 is 9.53 Å². The van der Waals surface area contributed by atoms with Crippen LogP contribution in [0.1, 0.15) is 36.2 Å². The number of rotatable bonds is 3. The fraction of sp³-hybridized carbons (Fsp3) is 0.526. The van der Waals surface area contributed by atoms with Gasteiger partial charge in [-0.1, -0.05) is 22.9 Å². The number of morpholine rings is 1. The first-order valence-corrected chi connectivity index (χ1v) is 9.03. The van der Waals surface area contributed by atoms with Gasteiger partial charge in [0.2, 0.25) is 5.91 Å². The fourth-order valence-corrected chi connectivity index (χ4v) is 3.94. The smallest absolute Gasteiger partial charge is 0.229 e. The van der Waals surface area contributed by atoms with Crippen molar-refractivity contribution in [3.8, 4) is 5.69 Å². The van der Waals surface area contributed by atoms with Gasteiger partial charge in [-0.2, -0.15) is 0 Å². The summed E-state index contributed by atoms with van der Waals surface area (Å²) in [5.74, 6) is 0.138. The van der Waals surface area contributed by atoms with Crippen molar-refractivity contribution in [2.45, 2.75) is 51.7 Å². The maximum absolute atomic E-state index is 12.8. The number of aromatic nitrogens is 3. The Bertz CT molecular complexity index is 768. The molecule has 0 unspecified atom stereocenters.